The van der Waals surface area contributed by atoms with Crippen molar-refractivity contribution in [2.24, 2.45) is 11.3 Å². The Labute approximate surface area is 327 Å². The molecule has 0 fully saturated rings. The van der Waals surface area contributed by atoms with Crippen LogP contribution in [-0.2, 0) is 41.5 Å². The molecular formula is C46H58Cl2Zr-4. The van der Waals surface area contributed by atoms with Crippen molar-refractivity contribution in [3.63, 3.8) is 0 Å². The summed E-state index contributed by atoms with van der Waals surface area (Å²) in [6.45, 7) is 27.8. The van der Waals surface area contributed by atoms with Crippen LogP contribution in [0.2, 0.25) is 0 Å². The standard InChI is InChI=1S/C27H29.C10H15.C6H5.C2H5.CH2.2ClH.Zr/c1-16-7-9-26(3,4)24-12-18-11-19-13-25-21(17(2)8-10-27(25,5)6)15-23(19)22(18)14-20(16)24;1-8-5-6-9(7-8)10(2,3)4;1-2-4-6-5-3-1;1-2;;;;/h7-9,12-15H,10-11H2,1-6H3;6-8H,1-4H3;1-5H;1H2,2H3;1H2;2*1H;/q4*-1;;;;. The SMILES string of the molecule is CC1=C[CH-]C(C)(C)c2cc3c(cc21)-c1cc2c(cc1C3)C(C)(C)CC=C2C.CC1[C-]=CC(C(C)(C)C)=C1.Cl.Cl.[CH2-]C.[CH2]=[Zr].[c-]1ccccc1. The molecule has 4 aliphatic rings. The van der Waals surface area contributed by atoms with Crippen LogP contribution in [0.1, 0.15) is 116 Å². The van der Waals surface area contributed by atoms with Gasteiger partial charge in [0.25, 0.3) is 0 Å². The van der Waals surface area contributed by atoms with E-state index in [1.54, 1.807) is 6.92 Å². The summed E-state index contributed by atoms with van der Waals surface area (Å²) < 4.78 is 3.34. The summed E-state index contributed by atoms with van der Waals surface area (Å²) in [5, 5.41) is 0. The van der Waals surface area contributed by atoms with E-state index < -0.39 is 0 Å². The molecule has 7 rings (SSSR count). The van der Waals surface area contributed by atoms with E-state index in [9.17, 15) is 0 Å². The quantitative estimate of drug-likeness (QED) is 0.156. The van der Waals surface area contributed by atoms with Gasteiger partial charge in [0, 0.05) is 0 Å². The predicted molar refractivity (Wildman–Crippen MR) is 219 cm³/mol. The third-order valence-electron chi connectivity index (χ3n) is 9.50. The van der Waals surface area contributed by atoms with Gasteiger partial charge >= 0.3 is 28.4 Å². The van der Waals surface area contributed by atoms with Gasteiger partial charge in [0.1, 0.15) is 0 Å². The number of benzene rings is 3. The molecular weight excluding hydrogens is 715 g/mol. The van der Waals surface area contributed by atoms with Gasteiger partial charge in [0.05, 0.1) is 0 Å². The average molecular weight is 773 g/mol. The minimum Gasteiger partial charge on any atom is -0.184 e. The molecule has 0 aliphatic heterocycles. The van der Waals surface area contributed by atoms with E-state index in [0.29, 0.717) is 11.3 Å². The number of fused-ring (bicyclic) bond motifs is 5. The van der Waals surface area contributed by atoms with Gasteiger partial charge in [-0.05, 0) is 70.2 Å². The number of hydrogen-bond acceptors (Lipinski definition) is 0. The Morgan fingerprint density at radius 2 is 1.35 bits per heavy atom. The van der Waals surface area contributed by atoms with Crippen LogP contribution in [0, 0.1) is 36.8 Å². The van der Waals surface area contributed by atoms with Crippen LogP contribution >= 0.6 is 24.8 Å². The van der Waals surface area contributed by atoms with Gasteiger partial charge in [-0.1, -0.05) is 102 Å². The number of hydrogen-bond donors (Lipinski definition) is 0. The zero-order valence-corrected chi connectivity index (χ0v) is 35.9. The van der Waals surface area contributed by atoms with Crippen molar-refractivity contribution in [1.29, 1.82) is 0 Å². The Hall–Kier alpha value is -2.18. The Morgan fingerprint density at radius 3 is 1.78 bits per heavy atom. The molecule has 1 atom stereocenters. The molecule has 4 aliphatic carbocycles. The van der Waals surface area contributed by atoms with Crippen molar-refractivity contribution in [1.82, 2.24) is 0 Å². The van der Waals surface area contributed by atoms with Crippen LogP contribution in [0.3, 0.4) is 0 Å². The molecule has 0 amide bonds. The normalized spacial score (nSPS) is 17.6. The van der Waals surface area contributed by atoms with Crippen molar-refractivity contribution in [2.45, 2.75) is 99.8 Å². The van der Waals surface area contributed by atoms with Gasteiger partial charge in [-0.25, -0.2) is 18.6 Å². The largest absolute Gasteiger partial charge is 0.184 e. The maximum absolute atomic E-state index is 3.34. The monoisotopic (exact) mass is 770 g/mol. The van der Waals surface area contributed by atoms with Gasteiger partial charge in [-0.15, -0.1) is 37.3 Å². The molecule has 1 unspecified atom stereocenters. The van der Waals surface area contributed by atoms with Crippen molar-refractivity contribution in [3.05, 3.63) is 143 Å². The molecule has 0 saturated heterocycles. The molecule has 0 heterocycles. The zero-order chi connectivity index (χ0) is 35.2. The van der Waals surface area contributed by atoms with Crippen LogP contribution in [-0.4, -0.2) is 4.21 Å². The van der Waals surface area contributed by atoms with E-state index in [0.717, 1.165) is 12.8 Å². The van der Waals surface area contributed by atoms with Gasteiger partial charge in [-0.2, -0.15) is 60.5 Å². The Morgan fingerprint density at radius 1 is 0.816 bits per heavy atom. The molecule has 0 radical (unpaired) electrons. The summed E-state index contributed by atoms with van der Waals surface area (Å²) in [4.78, 5) is 0. The van der Waals surface area contributed by atoms with Crippen molar-refractivity contribution < 1.29 is 24.2 Å². The topological polar surface area (TPSA) is 0 Å². The molecule has 0 spiro atoms. The summed E-state index contributed by atoms with van der Waals surface area (Å²) >= 11 is 1.30. The molecule has 3 aromatic carbocycles. The molecule has 0 bridgehead atoms. The van der Waals surface area contributed by atoms with Gasteiger partial charge in [0.2, 0.25) is 0 Å². The summed E-state index contributed by atoms with van der Waals surface area (Å²) in [6, 6.07) is 22.5. The van der Waals surface area contributed by atoms with E-state index in [1.165, 1.54) is 85.5 Å². The van der Waals surface area contributed by atoms with E-state index in [1.807, 2.05) is 30.3 Å². The first-order valence-corrected chi connectivity index (χ1v) is 18.8. The Kier molecular flexibility index (Phi) is 17.3. The van der Waals surface area contributed by atoms with Crippen LogP contribution in [0.25, 0.3) is 22.3 Å². The van der Waals surface area contributed by atoms with Crippen LogP contribution < -0.4 is 0 Å². The third kappa shape index (κ3) is 10.7. The van der Waals surface area contributed by atoms with Crippen LogP contribution in [0.5, 0.6) is 0 Å². The van der Waals surface area contributed by atoms with Crippen LogP contribution in [0.4, 0.5) is 0 Å². The van der Waals surface area contributed by atoms with E-state index >= 15 is 0 Å². The fourth-order valence-electron chi connectivity index (χ4n) is 6.57. The number of rotatable bonds is 0. The van der Waals surface area contributed by atoms with Crippen molar-refractivity contribution in [2.75, 3.05) is 0 Å². The number of allylic oxidation sites excluding steroid dienone is 8. The maximum Gasteiger partial charge on any atom is -0.171 e. The smallest absolute Gasteiger partial charge is 0.171 e. The molecule has 49 heavy (non-hydrogen) atoms. The average Bonchev–Trinajstić information content (AvgIpc) is 3.66. The first-order chi connectivity index (χ1) is 22.2. The summed E-state index contributed by atoms with van der Waals surface area (Å²) in [7, 11) is 0. The fraction of sp³-hybridized carbons (Fsp3) is 0.370. The minimum atomic E-state index is 0. The molecule has 0 N–H and O–H groups in total. The van der Waals surface area contributed by atoms with E-state index in [-0.39, 0.29) is 35.6 Å². The molecule has 3 heteroatoms. The summed E-state index contributed by atoms with van der Waals surface area (Å²) in [6.07, 6.45) is 16.9. The second-order valence-electron chi connectivity index (χ2n) is 15.0. The molecule has 0 nitrogen and oxygen atoms in total. The molecule has 0 aromatic heterocycles. The Bertz CT molecular complexity index is 1550. The minimum absolute atomic E-state index is 0. The van der Waals surface area contributed by atoms with E-state index in [2.05, 4.69) is 148 Å². The summed E-state index contributed by atoms with van der Waals surface area (Å²) in [5.74, 6) is 0.522. The predicted octanol–water partition coefficient (Wildman–Crippen LogP) is 13.3. The molecule has 264 valence electrons. The van der Waals surface area contributed by atoms with Gasteiger partial charge < -0.3 is 6.92 Å². The van der Waals surface area contributed by atoms with E-state index in [4.69, 9.17) is 0 Å². The first kappa shape index (κ1) is 44.8. The number of halogens is 2. The first-order valence-electron chi connectivity index (χ1n) is 17.0. The Balaban J connectivity index is 0.000000453. The maximum atomic E-state index is 3.34. The zero-order valence-electron chi connectivity index (χ0n) is 31.8. The fourth-order valence-corrected chi connectivity index (χ4v) is 6.57. The second-order valence-corrected chi connectivity index (χ2v) is 15.0. The van der Waals surface area contributed by atoms with Crippen molar-refractivity contribution in [3.8, 4) is 11.1 Å². The van der Waals surface area contributed by atoms with Gasteiger partial charge in [0.15, 0.2) is 0 Å². The van der Waals surface area contributed by atoms with Gasteiger partial charge in [-0.3, -0.25) is 6.08 Å². The summed E-state index contributed by atoms with van der Waals surface area (Å²) in [5.41, 5.74) is 16.7. The third-order valence-corrected chi connectivity index (χ3v) is 9.50. The second kappa shape index (κ2) is 18.9. The van der Waals surface area contributed by atoms with Crippen LogP contribution in [0.15, 0.2) is 84.5 Å². The van der Waals surface area contributed by atoms with Crippen molar-refractivity contribution >= 4 is 40.2 Å². The molecule has 3 aromatic rings. The molecule has 0 saturated carbocycles.